The van der Waals surface area contributed by atoms with E-state index in [-0.39, 0.29) is 12.4 Å². The molecule has 7 heteroatoms. The van der Waals surface area contributed by atoms with E-state index in [1.54, 1.807) is 19.1 Å². The van der Waals surface area contributed by atoms with E-state index in [1.165, 1.54) is 19.1 Å². The molecule has 0 aliphatic carbocycles. The minimum Gasteiger partial charge on any atom is -0.482 e. The van der Waals surface area contributed by atoms with Crippen molar-refractivity contribution >= 4 is 34.9 Å². The normalized spacial score (nSPS) is 10.9. The van der Waals surface area contributed by atoms with Crippen LogP contribution in [0.2, 0.25) is 10.0 Å². The van der Waals surface area contributed by atoms with E-state index in [1.807, 2.05) is 0 Å². The summed E-state index contributed by atoms with van der Waals surface area (Å²) in [6, 6.07) is 4.71. The van der Waals surface area contributed by atoms with E-state index in [4.69, 9.17) is 27.9 Å². The van der Waals surface area contributed by atoms with Crippen LogP contribution in [0.4, 0.5) is 0 Å². The zero-order valence-corrected chi connectivity index (χ0v) is 12.5. The van der Waals surface area contributed by atoms with Crippen LogP contribution in [-0.2, 0) is 9.59 Å². The predicted octanol–water partition coefficient (Wildman–Crippen LogP) is 2.49. The summed E-state index contributed by atoms with van der Waals surface area (Å²) in [5.41, 5.74) is 5.49. The molecule has 1 amide bonds. The zero-order chi connectivity index (χ0) is 15.1. The summed E-state index contributed by atoms with van der Waals surface area (Å²) in [7, 11) is 0. The fraction of sp³-hybridized carbons (Fsp3) is 0.231. The van der Waals surface area contributed by atoms with Gasteiger partial charge >= 0.3 is 0 Å². The highest BCUT2D eigenvalue weighted by atomic mass is 35.5. The third-order valence-electron chi connectivity index (χ3n) is 2.07. The van der Waals surface area contributed by atoms with Crippen LogP contribution in [0.15, 0.2) is 30.0 Å². The molecule has 0 atom stereocenters. The molecule has 0 saturated carbocycles. The lowest BCUT2D eigenvalue weighted by molar-refractivity contribution is -0.124. The van der Waals surface area contributed by atoms with Crippen molar-refractivity contribution in [2.75, 3.05) is 6.61 Å². The number of rotatable bonds is 6. The van der Waals surface area contributed by atoms with Gasteiger partial charge in [-0.2, -0.15) is 0 Å². The molecule has 0 bridgehead atoms. The van der Waals surface area contributed by atoms with Crippen molar-refractivity contribution < 1.29 is 14.3 Å². The van der Waals surface area contributed by atoms with Gasteiger partial charge in [-0.15, -0.1) is 0 Å². The second kappa shape index (κ2) is 7.77. The molecule has 1 aromatic carbocycles. The number of ether oxygens (including phenoxy) is 1. The van der Waals surface area contributed by atoms with Crippen LogP contribution in [0.25, 0.3) is 0 Å². The van der Waals surface area contributed by atoms with Crippen molar-refractivity contribution in [1.29, 1.82) is 0 Å². The molecule has 108 valence electrons. The summed E-state index contributed by atoms with van der Waals surface area (Å²) in [4.78, 5) is 22.3. The molecule has 1 aromatic rings. The lowest BCUT2D eigenvalue weighted by Crippen LogP contribution is -2.39. The summed E-state index contributed by atoms with van der Waals surface area (Å²) >= 11 is 11.6. The molecular weight excluding hydrogens is 303 g/mol. The zero-order valence-electron chi connectivity index (χ0n) is 11.0. The molecule has 2 N–H and O–H groups in total. The third-order valence-corrected chi connectivity index (χ3v) is 2.60. The van der Waals surface area contributed by atoms with Crippen LogP contribution >= 0.6 is 23.2 Å². The van der Waals surface area contributed by atoms with Crippen molar-refractivity contribution in [3.8, 4) is 5.75 Å². The van der Waals surface area contributed by atoms with Gasteiger partial charge in [0.15, 0.2) is 12.4 Å². The molecule has 0 spiro atoms. The number of ketones is 1. The molecule has 0 heterocycles. The maximum atomic E-state index is 11.5. The van der Waals surface area contributed by atoms with E-state index >= 15 is 0 Å². The fourth-order valence-corrected chi connectivity index (χ4v) is 1.74. The molecule has 0 unspecified atom stereocenters. The van der Waals surface area contributed by atoms with E-state index in [9.17, 15) is 9.59 Å². The molecule has 0 fully saturated rings. The molecular formula is C13H14Cl2N2O3. The Morgan fingerprint density at radius 2 is 1.95 bits per heavy atom. The van der Waals surface area contributed by atoms with Crippen molar-refractivity contribution in [1.82, 2.24) is 10.9 Å². The number of nitrogens with one attached hydrogen (secondary N) is 2. The van der Waals surface area contributed by atoms with Crippen molar-refractivity contribution in [3.63, 3.8) is 0 Å². The Morgan fingerprint density at radius 1 is 1.25 bits per heavy atom. The second-order valence-electron chi connectivity index (χ2n) is 3.97. The number of carbonyl (C=O) groups is 2. The highest BCUT2D eigenvalue weighted by Crippen LogP contribution is 2.27. The Hall–Kier alpha value is -1.72. The number of carbonyl (C=O) groups excluding carboxylic acids is 2. The maximum absolute atomic E-state index is 11.5. The fourth-order valence-electron chi connectivity index (χ4n) is 1.28. The summed E-state index contributed by atoms with van der Waals surface area (Å²) in [5.74, 6) is -0.164. The highest BCUT2D eigenvalue weighted by molar-refractivity contribution is 6.35. The molecule has 0 radical (unpaired) electrons. The first-order chi connectivity index (χ1) is 9.38. The lowest BCUT2D eigenvalue weighted by atomic mass is 10.3. The lowest BCUT2D eigenvalue weighted by Gasteiger charge is -2.10. The molecule has 0 aliphatic heterocycles. The average molecular weight is 317 g/mol. The molecule has 20 heavy (non-hydrogen) atoms. The first-order valence-electron chi connectivity index (χ1n) is 5.70. The first kappa shape index (κ1) is 16.3. The largest absolute Gasteiger partial charge is 0.482 e. The number of hydrogen-bond acceptors (Lipinski definition) is 4. The number of amides is 1. The minimum atomic E-state index is -0.410. The third kappa shape index (κ3) is 5.95. The molecule has 5 nitrogen and oxygen atoms in total. The van der Waals surface area contributed by atoms with E-state index in [0.29, 0.717) is 21.5 Å². The van der Waals surface area contributed by atoms with Crippen LogP contribution in [-0.4, -0.2) is 18.3 Å². The smallest absolute Gasteiger partial charge is 0.276 e. The van der Waals surface area contributed by atoms with Gasteiger partial charge < -0.3 is 10.2 Å². The number of hydrogen-bond donors (Lipinski definition) is 2. The van der Waals surface area contributed by atoms with Gasteiger partial charge in [-0.3, -0.25) is 15.0 Å². The minimum absolute atomic E-state index is 0.117. The monoisotopic (exact) mass is 316 g/mol. The second-order valence-corrected chi connectivity index (χ2v) is 4.82. The van der Waals surface area contributed by atoms with Crippen LogP contribution < -0.4 is 15.6 Å². The maximum Gasteiger partial charge on any atom is 0.276 e. The standard InChI is InChI=1S/C13H14Cl2N2O3/c1-8(5-9(2)18)16-17-13(19)7-20-12-4-3-10(14)6-11(12)15/h3-6,16H,7H2,1-2H3,(H,17,19). The van der Waals surface area contributed by atoms with Gasteiger partial charge in [-0.1, -0.05) is 23.2 Å². The molecule has 0 aliphatic rings. The van der Waals surface area contributed by atoms with Crippen LogP contribution in [0, 0.1) is 0 Å². The topological polar surface area (TPSA) is 67.4 Å². The van der Waals surface area contributed by atoms with Crippen LogP contribution in [0.3, 0.4) is 0 Å². The van der Waals surface area contributed by atoms with E-state index in [2.05, 4.69) is 10.9 Å². The summed E-state index contributed by atoms with van der Waals surface area (Å²) in [6.07, 6.45) is 1.36. The van der Waals surface area contributed by atoms with Gasteiger partial charge in [0.05, 0.1) is 5.02 Å². The Balaban J connectivity index is 2.42. The van der Waals surface area contributed by atoms with E-state index in [0.717, 1.165) is 0 Å². The number of hydrazine groups is 1. The summed E-state index contributed by atoms with van der Waals surface area (Å²) < 4.78 is 5.24. The number of halogens is 2. The first-order valence-corrected chi connectivity index (χ1v) is 6.45. The Bertz CT molecular complexity index is 544. The quantitative estimate of drug-likeness (QED) is 0.625. The average Bonchev–Trinajstić information content (AvgIpc) is 2.34. The number of allylic oxidation sites excluding steroid dienone is 2. The van der Waals surface area contributed by atoms with Gasteiger partial charge in [-0.05, 0) is 32.0 Å². The van der Waals surface area contributed by atoms with Gasteiger partial charge in [0.25, 0.3) is 5.91 Å². The molecule has 1 rings (SSSR count). The number of benzene rings is 1. The Morgan fingerprint density at radius 3 is 2.55 bits per heavy atom. The highest BCUT2D eigenvalue weighted by Gasteiger charge is 2.06. The van der Waals surface area contributed by atoms with Gasteiger partial charge in [-0.25, -0.2) is 0 Å². The van der Waals surface area contributed by atoms with Crippen LogP contribution in [0.5, 0.6) is 5.75 Å². The summed E-state index contributed by atoms with van der Waals surface area (Å²) in [5, 5.41) is 0.810. The Labute approximate surface area is 126 Å². The molecule has 0 saturated heterocycles. The van der Waals surface area contributed by atoms with Gasteiger partial charge in [0.2, 0.25) is 0 Å². The van der Waals surface area contributed by atoms with Crippen molar-refractivity contribution in [2.45, 2.75) is 13.8 Å². The van der Waals surface area contributed by atoms with Crippen LogP contribution in [0.1, 0.15) is 13.8 Å². The Kier molecular flexibility index (Phi) is 6.35. The molecule has 0 aromatic heterocycles. The predicted molar refractivity (Wildman–Crippen MR) is 77.7 cm³/mol. The van der Waals surface area contributed by atoms with Crippen molar-refractivity contribution in [3.05, 3.63) is 40.0 Å². The van der Waals surface area contributed by atoms with E-state index < -0.39 is 5.91 Å². The van der Waals surface area contributed by atoms with Crippen molar-refractivity contribution in [2.24, 2.45) is 0 Å². The SMILES string of the molecule is CC(=O)C=C(C)NNC(=O)COc1ccc(Cl)cc1Cl. The van der Waals surface area contributed by atoms with Gasteiger partial charge in [0, 0.05) is 16.8 Å². The summed E-state index contributed by atoms with van der Waals surface area (Å²) in [6.45, 7) is 2.85. The van der Waals surface area contributed by atoms with Gasteiger partial charge in [0.1, 0.15) is 5.75 Å².